The van der Waals surface area contributed by atoms with Crippen molar-refractivity contribution in [3.8, 4) is 0 Å². The van der Waals surface area contributed by atoms with Gasteiger partial charge in [0.15, 0.2) is 0 Å². The van der Waals surface area contributed by atoms with E-state index >= 15 is 0 Å². The minimum Gasteiger partial charge on any atom is -0.367 e. The number of rotatable bonds is 3. The van der Waals surface area contributed by atoms with Crippen LogP contribution in [0.4, 0.5) is 0 Å². The molecule has 2 saturated heterocycles. The van der Waals surface area contributed by atoms with Crippen LogP contribution in [0.3, 0.4) is 0 Å². The van der Waals surface area contributed by atoms with Gasteiger partial charge in [0.2, 0.25) is 0 Å². The fourth-order valence-electron chi connectivity index (χ4n) is 3.77. The quantitative estimate of drug-likeness (QED) is 0.864. The van der Waals surface area contributed by atoms with Crippen LogP contribution in [-0.4, -0.2) is 34.1 Å². The zero-order chi connectivity index (χ0) is 15.8. The molecular weight excluding hydrogens is 306 g/mol. The minimum absolute atomic E-state index is 0.149. The highest BCUT2D eigenvalue weighted by atomic mass is 32.1. The summed E-state index contributed by atoms with van der Waals surface area (Å²) in [5, 5.41) is 0. The first-order valence-corrected chi connectivity index (χ1v) is 9.22. The van der Waals surface area contributed by atoms with Gasteiger partial charge in [0.05, 0.1) is 11.8 Å². The molecule has 0 spiro atoms. The van der Waals surface area contributed by atoms with Crippen molar-refractivity contribution < 1.29 is 4.74 Å². The summed E-state index contributed by atoms with van der Waals surface area (Å²) < 4.78 is 6.35. The molecular formula is C18H23N3OS. The monoisotopic (exact) mass is 329 g/mol. The summed E-state index contributed by atoms with van der Waals surface area (Å²) in [5.74, 6) is 1.51. The molecule has 2 aromatic heterocycles. The summed E-state index contributed by atoms with van der Waals surface area (Å²) in [5.41, 5.74) is 1.05. The predicted molar refractivity (Wildman–Crippen MR) is 91.4 cm³/mol. The average Bonchev–Trinajstić information content (AvgIpc) is 3.13. The summed E-state index contributed by atoms with van der Waals surface area (Å²) in [4.78, 5) is 14.1. The molecule has 4 rings (SSSR count). The van der Waals surface area contributed by atoms with E-state index in [0.29, 0.717) is 12.0 Å². The van der Waals surface area contributed by atoms with Crippen molar-refractivity contribution in [2.75, 3.05) is 13.1 Å². The van der Waals surface area contributed by atoms with Crippen molar-refractivity contribution in [2.24, 2.45) is 5.92 Å². The molecule has 3 atom stereocenters. The molecule has 0 aromatic carbocycles. The Morgan fingerprint density at radius 2 is 2.22 bits per heavy atom. The van der Waals surface area contributed by atoms with Crippen molar-refractivity contribution in [1.29, 1.82) is 0 Å². The molecule has 0 bridgehead atoms. The zero-order valence-electron chi connectivity index (χ0n) is 13.7. The fraction of sp³-hybridized carbons (Fsp3) is 0.556. The lowest BCUT2D eigenvalue weighted by molar-refractivity contribution is -0.0105. The third-order valence-electron chi connectivity index (χ3n) is 4.94. The summed E-state index contributed by atoms with van der Waals surface area (Å²) in [6.07, 6.45) is 4.68. The highest BCUT2D eigenvalue weighted by molar-refractivity contribution is 7.11. The van der Waals surface area contributed by atoms with Gasteiger partial charge in [0.25, 0.3) is 0 Å². The third kappa shape index (κ3) is 3.32. The summed E-state index contributed by atoms with van der Waals surface area (Å²) >= 11 is 1.91. The lowest BCUT2D eigenvalue weighted by Crippen LogP contribution is -2.41. The molecule has 23 heavy (non-hydrogen) atoms. The van der Waals surface area contributed by atoms with Gasteiger partial charge in [0.1, 0.15) is 11.9 Å². The van der Waals surface area contributed by atoms with Crippen LogP contribution in [0.5, 0.6) is 0 Å². The van der Waals surface area contributed by atoms with Crippen LogP contribution >= 0.6 is 11.3 Å². The van der Waals surface area contributed by atoms with E-state index in [9.17, 15) is 0 Å². The van der Waals surface area contributed by atoms with Gasteiger partial charge in [-0.1, -0.05) is 0 Å². The van der Waals surface area contributed by atoms with E-state index in [1.165, 1.54) is 22.7 Å². The van der Waals surface area contributed by atoms with E-state index in [1.807, 2.05) is 30.5 Å². The second kappa shape index (κ2) is 6.30. The van der Waals surface area contributed by atoms with Gasteiger partial charge in [-0.05, 0) is 57.4 Å². The fourth-order valence-corrected chi connectivity index (χ4v) is 4.71. The number of aromatic nitrogens is 2. The molecule has 0 amide bonds. The molecule has 0 N–H and O–H groups in total. The van der Waals surface area contributed by atoms with Gasteiger partial charge in [-0.15, -0.1) is 11.3 Å². The highest BCUT2D eigenvalue weighted by Gasteiger charge is 2.40. The Morgan fingerprint density at radius 1 is 1.30 bits per heavy atom. The number of aryl methyl sites for hydroxylation is 2. The number of ether oxygens (including phenoxy) is 1. The van der Waals surface area contributed by atoms with E-state index < -0.39 is 0 Å². The largest absolute Gasteiger partial charge is 0.367 e. The lowest BCUT2D eigenvalue weighted by Gasteiger charge is -2.33. The van der Waals surface area contributed by atoms with Crippen LogP contribution in [0, 0.1) is 19.8 Å². The van der Waals surface area contributed by atoms with Crippen LogP contribution in [0.25, 0.3) is 0 Å². The Morgan fingerprint density at radius 3 is 3.00 bits per heavy atom. The molecule has 4 heterocycles. The Labute approximate surface area is 141 Å². The molecule has 2 aliphatic rings. The van der Waals surface area contributed by atoms with Crippen LogP contribution in [0.2, 0.25) is 0 Å². The van der Waals surface area contributed by atoms with Gasteiger partial charge in [-0.25, -0.2) is 9.97 Å². The van der Waals surface area contributed by atoms with E-state index in [2.05, 4.69) is 33.9 Å². The standard InChI is InChI=1S/C18H23N3OS/c1-12-3-4-15(23-12)10-21-8-6-14-9-17(22-18(14)11-21)16-5-7-19-13(2)20-16/h3-5,7,14,17-18H,6,8-11H2,1-2H3/t14-,17+,18+/m0/s1. The SMILES string of the molecule is Cc1nccc([C@H]2C[C@@H]3CCN(Cc4ccc(C)s4)C[C@H]3O2)n1. The first-order valence-electron chi connectivity index (χ1n) is 8.40. The second-order valence-corrected chi connectivity index (χ2v) is 8.10. The maximum absolute atomic E-state index is 6.35. The van der Waals surface area contributed by atoms with Crippen molar-refractivity contribution in [3.05, 3.63) is 45.7 Å². The number of hydrogen-bond donors (Lipinski definition) is 0. The summed E-state index contributed by atoms with van der Waals surface area (Å²) in [6, 6.07) is 6.47. The zero-order valence-corrected chi connectivity index (χ0v) is 14.6. The second-order valence-electron chi connectivity index (χ2n) is 6.72. The molecule has 0 saturated carbocycles. The normalized spacial score (nSPS) is 28.0. The predicted octanol–water partition coefficient (Wildman–Crippen LogP) is 3.51. The molecule has 2 aliphatic heterocycles. The van der Waals surface area contributed by atoms with E-state index in [1.54, 1.807) is 0 Å². The van der Waals surface area contributed by atoms with E-state index in [0.717, 1.165) is 31.0 Å². The lowest BCUT2D eigenvalue weighted by atomic mass is 9.91. The smallest absolute Gasteiger partial charge is 0.125 e. The van der Waals surface area contributed by atoms with Crippen LogP contribution in [0.1, 0.15) is 40.2 Å². The number of hydrogen-bond acceptors (Lipinski definition) is 5. The molecule has 4 nitrogen and oxygen atoms in total. The Bertz CT molecular complexity index is 686. The topological polar surface area (TPSA) is 38.2 Å². The molecule has 0 radical (unpaired) electrons. The van der Waals surface area contributed by atoms with Gasteiger partial charge in [-0.3, -0.25) is 4.90 Å². The highest BCUT2D eigenvalue weighted by Crippen LogP contribution is 2.40. The average molecular weight is 329 g/mol. The Balaban J connectivity index is 1.40. The van der Waals surface area contributed by atoms with Crippen LogP contribution in [0.15, 0.2) is 24.4 Å². The van der Waals surface area contributed by atoms with Gasteiger partial charge in [-0.2, -0.15) is 0 Å². The number of likely N-dealkylation sites (tertiary alicyclic amines) is 1. The van der Waals surface area contributed by atoms with Crippen molar-refractivity contribution in [1.82, 2.24) is 14.9 Å². The number of thiophene rings is 1. The molecule has 2 fully saturated rings. The first kappa shape index (κ1) is 15.2. The minimum atomic E-state index is 0.149. The maximum Gasteiger partial charge on any atom is 0.125 e. The molecule has 122 valence electrons. The first-order chi connectivity index (χ1) is 11.2. The maximum atomic E-state index is 6.35. The van der Waals surface area contributed by atoms with E-state index in [-0.39, 0.29) is 6.10 Å². The molecule has 0 unspecified atom stereocenters. The van der Waals surface area contributed by atoms with Crippen molar-refractivity contribution in [3.63, 3.8) is 0 Å². The Hall–Kier alpha value is -1.30. The van der Waals surface area contributed by atoms with Crippen LogP contribution < -0.4 is 0 Å². The van der Waals surface area contributed by atoms with Gasteiger partial charge < -0.3 is 4.74 Å². The van der Waals surface area contributed by atoms with Gasteiger partial charge in [0, 0.05) is 29.0 Å². The Kier molecular flexibility index (Phi) is 4.18. The molecule has 5 heteroatoms. The summed E-state index contributed by atoms with van der Waals surface area (Å²) in [6.45, 7) is 7.40. The number of nitrogens with zero attached hydrogens (tertiary/aromatic N) is 3. The van der Waals surface area contributed by atoms with Crippen molar-refractivity contribution >= 4 is 11.3 Å². The van der Waals surface area contributed by atoms with Gasteiger partial charge >= 0.3 is 0 Å². The number of fused-ring (bicyclic) bond motifs is 1. The third-order valence-corrected chi connectivity index (χ3v) is 5.92. The molecule has 2 aromatic rings. The van der Waals surface area contributed by atoms with Crippen LogP contribution in [-0.2, 0) is 11.3 Å². The summed E-state index contributed by atoms with van der Waals surface area (Å²) in [7, 11) is 0. The molecule has 0 aliphatic carbocycles. The number of piperidine rings is 1. The van der Waals surface area contributed by atoms with Crippen molar-refractivity contribution in [2.45, 2.75) is 45.4 Å². The van der Waals surface area contributed by atoms with E-state index in [4.69, 9.17) is 4.74 Å².